The molecule has 0 aliphatic heterocycles. The van der Waals surface area contributed by atoms with Gasteiger partial charge < -0.3 is 0 Å². The lowest BCUT2D eigenvalue weighted by Gasteiger charge is -1.92. The summed E-state index contributed by atoms with van der Waals surface area (Å²) >= 11 is 0. The first-order chi connectivity index (χ1) is 2.77. The monoisotopic (exact) mass is 95.1 g/mol. The molecule has 0 aliphatic rings. The molecule has 0 rings (SSSR count). The van der Waals surface area contributed by atoms with Crippen molar-refractivity contribution < 1.29 is 8.78 Å². The Labute approximate surface area is 35.4 Å². The summed E-state index contributed by atoms with van der Waals surface area (Å²) in [5.41, 5.74) is 0. The van der Waals surface area contributed by atoms with Crippen molar-refractivity contribution in [1.82, 2.24) is 5.32 Å². The maximum Gasteiger partial charge on any atom is 0.292 e. The van der Waals surface area contributed by atoms with Crippen molar-refractivity contribution in [3.05, 3.63) is 0 Å². The van der Waals surface area contributed by atoms with Crippen LogP contribution in [-0.2, 0) is 0 Å². The second kappa shape index (κ2) is 3.03. The fourth-order valence-electron chi connectivity index (χ4n) is 0.154. The average Bonchev–Trinajstić information content (AvgIpc) is 1.35. The van der Waals surface area contributed by atoms with Gasteiger partial charge >= 0.3 is 0 Å². The molecule has 0 aromatic rings. The second-order valence-corrected chi connectivity index (χ2v) is 0.858. The molecule has 0 aromatic heterocycles. The molecule has 6 heavy (non-hydrogen) atoms. The molecule has 0 aromatic carbocycles. The van der Waals surface area contributed by atoms with Gasteiger partial charge in [0.15, 0.2) is 0 Å². The van der Waals surface area contributed by atoms with Gasteiger partial charge in [0.1, 0.15) is 0 Å². The third-order valence-electron chi connectivity index (χ3n) is 0.358. The standard InChI is InChI=1S/C3H7F2N/c1-2-6-3(4)5/h3,6H,2H2,1H3. The molecule has 0 atom stereocenters. The Balaban J connectivity index is 2.63. The Kier molecular flexibility index (Phi) is 2.94. The first kappa shape index (κ1) is 5.82. The topological polar surface area (TPSA) is 12.0 Å². The van der Waals surface area contributed by atoms with E-state index in [9.17, 15) is 8.78 Å². The number of nitrogens with one attached hydrogen (secondary N) is 1. The van der Waals surface area contributed by atoms with E-state index >= 15 is 0 Å². The lowest BCUT2D eigenvalue weighted by atomic mass is 10.8. The predicted octanol–water partition coefficient (Wildman–Crippen LogP) is 0.819. The van der Waals surface area contributed by atoms with Crippen LogP contribution < -0.4 is 5.32 Å². The SMILES string of the molecule is CCNC(F)F. The molecule has 3 heteroatoms. The highest BCUT2D eigenvalue weighted by molar-refractivity contribution is 4.29. The zero-order chi connectivity index (χ0) is 4.99. The Morgan fingerprint density at radius 3 is 2.17 bits per heavy atom. The van der Waals surface area contributed by atoms with Gasteiger partial charge in [0.2, 0.25) is 0 Å². The van der Waals surface area contributed by atoms with Crippen LogP contribution in [0.15, 0.2) is 0 Å². The van der Waals surface area contributed by atoms with Crippen LogP contribution in [0.25, 0.3) is 0 Å². The molecule has 0 fully saturated rings. The molecule has 0 aliphatic carbocycles. The van der Waals surface area contributed by atoms with E-state index in [-0.39, 0.29) is 0 Å². The van der Waals surface area contributed by atoms with Crippen LogP contribution in [0.1, 0.15) is 6.92 Å². The minimum absolute atomic E-state index is 0.331. The first-order valence-corrected chi connectivity index (χ1v) is 1.79. The van der Waals surface area contributed by atoms with E-state index < -0.39 is 6.55 Å². The Hall–Kier alpha value is -0.180. The van der Waals surface area contributed by atoms with E-state index in [0.29, 0.717) is 6.54 Å². The van der Waals surface area contributed by atoms with Gasteiger partial charge in [-0.15, -0.1) is 0 Å². The second-order valence-electron chi connectivity index (χ2n) is 0.858. The van der Waals surface area contributed by atoms with Crippen molar-refractivity contribution in [2.75, 3.05) is 6.54 Å². The summed E-state index contributed by atoms with van der Waals surface area (Å²) in [6.45, 7) is -0.390. The molecule has 0 bridgehead atoms. The number of halogens is 2. The number of hydrogen-bond donors (Lipinski definition) is 1. The van der Waals surface area contributed by atoms with Crippen molar-refractivity contribution in [2.45, 2.75) is 13.5 Å². The van der Waals surface area contributed by atoms with E-state index in [2.05, 4.69) is 0 Å². The normalized spacial score (nSPS) is 10.0. The van der Waals surface area contributed by atoms with E-state index in [0.717, 1.165) is 0 Å². The zero-order valence-electron chi connectivity index (χ0n) is 3.54. The lowest BCUT2D eigenvalue weighted by Crippen LogP contribution is -2.18. The highest BCUT2D eigenvalue weighted by atomic mass is 19.3. The molecule has 0 radical (unpaired) electrons. The highest BCUT2D eigenvalue weighted by Gasteiger charge is 1.92. The lowest BCUT2D eigenvalue weighted by molar-refractivity contribution is 0.110. The third kappa shape index (κ3) is 3.82. The van der Waals surface area contributed by atoms with Gasteiger partial charge in [-0.05, 0) is 6.54 Å². The number of rotatable bonds is 2. The zero-order valence-corrected chi connectivity index (χ0v) is 3.54. The van der Waals surface area contributed by atoms with Crippen molar-refractivity contribution in [2.24, 2.45) is 0 Å². The van der Waals surface area contributed by atoms with Gasteiger partial charge in [0.05, 0.1) is 0 Å². The first-order valence-electron chi connectivity index (χ1n) is 1.79. The minimum Gasteiger partial charge on any atom is -0.261 e. The largest absolute Gasteiger partial charge is 0.292 e. The summed E-state index contributed by atoms with van der Waals surface area (Å²) in [7, 11) is 0. The van der Waals surface area contributed by atoms with Crippen molar-refractivity contribution in [3.8, 4) is 0 Å². The Bertz CT molecular complexity index is 30.0. The molecule has 0 unspecified atom stereocenters. The van der Waals surface area contributed by atoms with Gasteiger partial charge in [0.25, 0.3) is 6.55 Å². The molecule has 0 amide bonds. The van der Waals surface area contributed by atoms with Gasteiger partial charge in [-0.2, -0.15) is 8.78 Å². The van der Waals surface area contributed by atoms with Crippen LogP contribution in [0.4, 0.5) is 8.78 Å². The summed E-state index contributed by atoms with van der Waals surface area (Å²) in [6, 6.07) is 0. The molecule has 1 nitrogen and oxygen atoms in total. The van der Waals surface area contributed by atoms with Crippen LogP contribution in [0.5, 0.6) is 0 Å². The minimum atomic E-state index is -2.35. The third-order valence-corrected chi connectivity index (χ3v) is 0.358. The van der Waals surface area contributed by atoms with E-state index in [1.807, 2.05) is 5.32 Å². The molecule has 38 valence electrons. The van der Waals surface area contributed by atoms with Crippen LogP contribution in [0.3, 0.4) is 0 Å². The molecule has 0 saturated carbocycles. The van der Waals surface area contributed by atoms with E-state index in [1.165, 1.54) is 0 Å². The molecular weight excluding hydrogens is 88.0 g/mol. The van der Waals surface area contributed by atoms with Crippen LogP contribution in [0.2, 0.25) is 0 Å². The molecular formula is C3H7F2N. The number of alkyl halides is 2. The average molecular weight is 95.1 g/mol. The van der Waals surface area contributed by atoms with Crippen LogP contribution >= 0.6 is 0 Å². The van der Waals surface area contributed by atoms with E-state index in [1.54, 1.807) is 6.92 Å². The van der Waals surface area contributed by atoms with Gasteiger partial charge in [0, 0.05) is 0 Å². The van der Waals surface area contributed by atoms with Gasteiger partial charge in [-0.25, -0.2) is 0 Å². The summed E-state index contributed by atoms with van der Waals surface area (Å²) in [5.74, 6) is 0. The molecule has 1 N–H and O–H groups in total. The highest BCUT2D eigenvalue weighted by Crippen LogP contribution is 1.80. The van der Waals surface area contributed by atoms with Crippen molar-refractivity contribution >= 4 is 0 Å². The smallest absolute Gasteiger partial charge is 0.261 e. The van der Waals surface area contributed by atoms with E-state index in [4.69, 9.17) is 0 Å². The van der Waals surface area contributed by atoms with Crippen LogP contribution in [0, 0.1) is 0 Å². The van der Waals surface area contributed by atoms with Crippen molar-refractivity contribution in [1.29, 1.82) is 0 Å². The molecule has 0 heterocycles. The predicted molar refractivity (Wildman–Crippen MR) is 19.7 cm³/mol. The quantitative estimate of drug-likeness (QED) is 0.500. The van der Waals surface area contributed by atoms with Gasteiger partial charge in [-0.3, -0.25) is 5.32 Å². The Morgan fingerprint density at radius 2 is 2.17 bits per heavy atom. The fourth-order valence-corrected chi connectivity index (χ4v) is 0.154. The maximum absolute atomic E-state index is 10.9. The van der Waals surface area contributed by atoms with Gasteiger partial charge in [-0.1, -0.05) is 6.92 Å². The fraction of sp³-hybridized carbons (Fsp3) is 1.00. The summed E-state index contributed by atoms with van der Waals surface area (Å²) < 4.78 is 21.8. The maximum atomic E-state index is 10.9. The summed E-state index contributed by atoms with van der Waals surface area (Å²) in [6.07, 6.45) is 0. The Morgan fingerprint density at radius 1 is 1.67 bits per heavy atom. The summed E-state index contributed by atoms with van der Waals surface area (Å²) in [4.78, 5) is 0. The summed E-state index contributed by atoms with van der Waals surface area (Å²) in [5, 5.41) is 1.88. The number of hydrogen-bond acceptors (Lipinski definition) is 1. The molecule has 0 spiro atoms. The molecule has 0 saturated heterocycles. The van der Waals surface area contributed by atoms with Crippen LogP contribution in [-0.4, -0.2) is 13.1 Å². The van der Waals surface area contributed by atoms with Crippen molar-refractivity contribution in [3.63, 3.8) is 0 Å².